The maximum absolute atomic E-state index is 11.7. The van der Waals surface area contributed by atoms with E-state index in [2.05, 4.69) is 22.6 Å². The average molecular weight is 226 g/mol. The maximum atomic E-state index is 11.7. The molecule has 0 unspecified atom stereocenters. The monoisotopic (exact) mass is 226 g/mol. The van der Waals surface area contributed by atoms with Crippen molar-refractivity contribution >= 4 is 23.1 Å². The summed E-state index contributed by atoms with van der Waals surface area (Å²) < 4.78 is 1.67. The van der Waals surface area contributed by atoms with Crippen LogP contribution in [0.5, 0.6) is 0 Å². The molecule has 0 aliphatic carbocycles. The summed E-state index contributed by atoms with van der Waals surface area (Å²) in [6, 6.07) is 0. The number of nitrogens with one attached hydrogen (secondary N) is 1. The lowest BCUT2D eigenvalue weighted by Crippen LogP contribution is -2.32. The lowest BCUT2D eigenvalue weighted by molar-refractivity contribution is 0.0958. The van der Waals surface area contributed by atoms with Crippen LogP contribution < -0.4 is 11.1 Å². The molecule has 0 spiro atoms. The lowest BCUT2D eigenvalue weighted by Gasteiger charge is -2.03. The van der Waals surface area contributed by atoms with Crippen molar-refractivity contribution < 1.29 is 4.79 Å². The summed E-state index contributed by atoms with van der Waals surface area (Å²) in [6.45, 7) is 3.85. The molecule has 5 nitrogen and oxygen atoms in total. The third-order valence-corrected chi connectivity index (χ3v) is 2.30. The van der Waals surface area contributed by atoms with Crippen LogP contribution in [0.15, 0.2) is 0 Å². The van der Waals surface area contributed by atoms with Crippen LogP contribution in [0.3, 0.4) is 0 Å². The number of aromatic nitrogens is 2. The molecule has 3 N–H and O–H groups in total. The topological polar surface area (TPSA) is 72.9 Å². The molecular weight excluding hydrogens is 212 g/mol. The Labute approximate surface area is 93.6 Å². The zero-order valence-corrected chi connectivity index (χ0v) is 9.81. The summed E-state index contributed by atoms with van der Waals surface area (Å²) in [7, 11) is 1.80. The molecule has 1 rings (SSSR count). The first-order valence-corrected chi connectivity index (χ1v) is 4.91. The van der Waals surface area contributed by atoms with Crippen molar-refractivity contribution in [2.45, 2.75) is 13.8 Å². The van der Waals surface area contributed by atoms with Crippen LogP contribution >= 0.6 is 12.2 Å². The third kappa shape index (κ3) is 2.53. The van der Waals surface area contributed by atoms with Gasteiger partial charge in [0.05, 0.1) is 22.8 Å². The standard InChI is InChI=1S/C9H14N4OS/c1-5-8(6(2)13(3)12-5)9(14)11-4-7(10)15/h4H2,1-3H3,(H2,10,15)(H,11,14). The van der Waals surface area contributed by atoms with Crippen LogP contribution in [0, 0.1) is 13.8 Å². The van der Waals surface area contributed by atoms with Crippen molar-refractivity contribution in [3.05, 3.63) is 17.0 Å². The second-order valence-corrected chi connectivity index (χ2v) is 3.84. The van der Waals surface area contributed by atoms with E-state index in [1.165, 1.54) is 0 Å². The predicted octanol–water partition coefficient (Wildman–Crippen LogP) is 0.0528. The van der Waals surface area contributed by atoms with Crippen molar-refractivity contribution in [3.8, 4) is 0 Å². The highest BCUT2D eigenvalue weighted by Crippen LogP contribution is 2.10. The molecule has 0 aromatic carbocycles. The van der Waals surface area contributed by atoms with E-state index in [-0.39, 0.29) is 17.4 Å². The number of carbonyl (C=O) groups excluding carboxylic acids is 1. The number of amides is 1. The minimum absolute atomic E-state index is 0.189. The van der Waals surface area contributed by atoms with Crippen LogP contribution in [0.1, 0.15) is 21.7 Å². The molecule has 1 aromatic heterocycles. The number of hydrogen-bond donors (Lipinski definition) is 2. The first-order chi connectivity index (χ1) is 6.93. The van der Waals surface area contributed by atoms with E-state index in [4.69, 9.17) is 5.73 Å². The molecule has 0 fully saturated rings. The Balaban J connectivity index is 2.86. The van der Waals surface area contributed by atoms with Crippen molar-refractivity contribution in [1.82, 2.24) is 15.1 Å². The fraction of sp³-hybridized carbons (Fsp3) is 0.444. The fourth-order valence-electron chi connectivity index (χ4n) is 1.36. The summed E-state index contributed by atoms with van der Waals surface area (Å²) in [6.07, 6.45) is 0. The molecule has 1 heterocycles. The summed E-state index contributed by atoms with van der Waals surface area (Å²) in [5.41, 5.74) is 7.42. The number of rotatable bonds is 3. The Morgan fingerprint density at radius 3 is 2.60 bits per heavy atom. The fourth-order valence-corrected chi connectivity index (χ4v) is 1.43. The largest absolute Gasteiger partial charge is 0.392 e. The molecule has 0 aliphatic heterocycles. The number of hydrogen-bond acceptors (Lipinski definition) is 3. The summed E-state index contributed by atoms with van der Waals surface area (Å²) in [5, 5.41) is 6.79. The van der Waals surface area contributed by atoms with Gasteiger partial charge in [-0.1, -0.05) is 12.2 Å². The van der Waals surface area contributed by atoms with E-state index in [1.54, 1.807) is 18.7 Å². The van der Waals surface area contributed by atoms with Crippen molar-refractivity contribution in [3.63, 3.8) is 0 Å². The summed E-state index contributed by atoms with van der Waals surface area (Å²) >= 11 is 4.68. The minimum atomic E-state index is -0.189. The zero-order chi connectivity index (χ0) is 11.6. The molecule has 82 valence electrons. The molecule has 1 amide bonds. The number of thiocarbonyl (C=S) groups is 1. The second kappa shape index (κ2) is 4.39. The first kappa shape index (κ1) is 11.6. The van der Waals surface area contributed by atoms with E-state index in [9.17, 15) is 4.79 Å². The normalized spacial score (nSPS) is 10.1. The highest BCUT2D eigenvalue weighted by molar-refractivity contribution is 7.80. The van der Waals surface area contributed by atoms with Crippen molar-refractivity contribution in [2.75, 3.05) is 6.54 Å². The van der Waals surface area contributed by atoms with Gasteiger partial charge in [0, 0.05) is 12.7 Å². The van der Waals surface area contributed by atoms with E-state index >= 15 is 0 Å². The van der Waals surface area contributed by atoms with Crippen LogP contribution in [-0.4, -0.2) is 27.2 Å². The van der Waals surface area contributed by atoms with Gasteiger partial charge in [-0.2, -0.15) is 5.10 Å². The Hall–Kier alpha value is -1.43. The SMILES string of the molecule is Cc1nn(C)c(C)c1C(=O)NCC(N)=S. The summed E-state index contributed by atoms with van der Waals surface area (Å²) in [5.74, 6) is -0.189. The third-order valence-electron chi connectivity index (χ3n) is 2.16. The van der Waals surface area contributed by atoms with E-state index in [1.807, 2.05) is 6.92 Å². The van der Waals surface area contributed by atoms with Crippen molar-refractivity contribution in [2.24, 2.45) is 12.8 Å². The number of carbonyl (C=O) groups is 1. The Morgan fingerprint density at radius 1 is 1.60 bits per heavy atom. The molecule has 6 heteroatoms. The molecule has 0 saturated heterocycles. The first-order valence-electron chi connectivity index (χ1n) is 4.50. The Bertz CT molecular complexity index is 410. The smallest absolute Gasteiger partial charge is 0.255 e. The average Bonchev–Trinajstić information content (AvgIpc) is 2.37. The Kier molecular flexibility index (Phi) is 3.41. The van der Waals surface area contributed by atoms with E-state index in [0.717, 1.165) is 5.69 Å². The van der Waals surface area contributed by atoms with Crippen LogP contribution in [0.4, 0.5) is 0 Å². The predicted molar refractivity (Wildman–Crippen MR) is 61.8 cm³/mol. The molecule has 0 radical (unpaired) electrons. The Morgan fingerprint density at radius 2 is 2.20 bits per heavy atom. The van der Waals surface area contributed by atoms with Gasteiger partial charge in [0.15, 0.2) is 0 Å². The van der Waals surface area contributed by atoms with Gasteiger partial charge in [-0.3, -0.25) is 9.48 Å². The van der Waals surface area contributed by atoms with Gasteiger partial charge < -0.3 is 11.1 Å². The van der Waals surface area contributed by atoms with E-state index < -0.39 is 0 Å². The summed E-state index contributed by atoms with van der Waals surface area (Å²) in [4.78, 5) is 12.0. The van der Waals surface area contributed by atoms with Gasteiger partial charge in [0.2, 0.25) is 0 Å². The highest BCUT2D eigenvalue weighted by atomic mass is 32.1. The van der Waals surface area contributed by atoms with Crippen molar-refractivity contribution in [1.29, 1.82) is 0 Å². The van der Waals surface area contributed by atoms with Gasteiger partial charge in [-0.25, -0.2) is 0 Å². The van der Waals surface area contributed by atoms with Gasteiger partial charge >= 0.3 is 0 Å². The van der Waals surface area contributed by atoms with Gasteiger partial charge in [-0.05, 0) is 13.8 Å². The molecule has 0 saturated carbocycles. The molecule has 0 bridgehead atoms. The quantitative estimate of drug-likeness (QED) is 0.714. The van der Waals surface area contributed by atoms with Crippen LogP contribution in [0.2, 0.25) is 0 Å². The van der Waals surface area contributed by atoms with Gasteiger partial charge in [-0.15, -0.1) is 0 Å². The van der Waals surface area contributed by atoms with Gasteiger partial charge in [0.1, 0.15) is 0 Å². The lowest BCUT2D eigenvalue weighted by atomic mass is 10.2. The highest BCUT2D eigenvalue weighted by Gasteiger charge is 2.16. The second-order valence-electron chi connectivity index (χ2n) is 3.32. The van der Waals surface area contributed by atoms with Crippen LogP contribution in [-0.2, 0) is 7.05 Å². The minimum Gasteiger partial charge on any atom is -0.392 e. The number of nitrogens with zero attached hydrogens (tertiary/aromatic N) is 2. The van der Waals surface area contributed by atoms with Crippen LogP contribution in [0.25, 0.3) is 0 Å². The molecule has 15 heavy (non-hydrogen) atoms. The van der Waals surface area contributed by atoms with Gasteiger partial charge in [0.25, 0.3) is 5.91 Å². The zero-order valence-electron chi connectivity index (χ0n) is 9.00. The van der Waals surface area contributed by atoms with E-state index in [0.29, 0.717) is 11.3 Å². The molecule has 1 aromatic rings. The molecule has 0 aliphatic rings. The number of nitrogens with two attached hydrogens (primary N) is 1. The number of aryl methyl sites for hydroxylation is 2. The maximum Gasteiger partial charge on any atom is 0.255 e. The molecular formula is C9H14N4OS. The molecule has 0 atom stereocenters.